The molecule has 0 aliphatic heterocycles. The van der Waals surface area contributed by atoms with Crippen LogP contribution in [-0.4, -0.2) is 13.2 Å². The average molecular weight is 228 g/mol. The van der Waals surface area contributed by atoms with E-state index in [0.717, 1.165) is 24.3 Å². The van der Waals surface area contributed by atoms with E-state index in [2.05, 4.69) is 19.2 Å². The fourth-order valence-electron chi connectivity index (χ4n) is 1.60. The van der Waals surface area contributed by atoms with E-state index in [0.29, 0.717) is 11.1 Å². The van der Waals surface area contributed by atoms with E-state index in [4.69, 9.17) is 16.3 Å². The third-order valence-corrected chi connectivity index (χ3v) is 2.59. The molecular weight excluding hydrogens is 210 g/mol. The van der Waals surface area contributed by atoms with Crippen molar-refractivity contribution in [2.45, 2.75) is 32.7 Å². The van der Waals surface area contributed by atoms with Crippen molar-refractivity contribution in [2.75, 3.05) is 12.4 Å². The Morgan fingerprint density at radius 1 is 1.47 bits per heavy atom. The predicted molar refractivity (Wildman–Crippen MR) is 66.0 cm³/mol. The van der Waals surface area contributed by atoms with Crippen molar-refractivity contribution in [1.82, 2.24) is 0 Å². The highest BCUT2D eigenvalue weighted by Gasteiger charge is 2.08. The first-order valence-electron chi connectivity index (χ1n) is 5.28. The van der Waals surface area contributed by atoms with E-state index in [1.807, 2.05) is 18.2 Å². The van der Waals surface area contributed by atoms with Crippen molar-refractivity contribution < 1.29 is 4.74 Å². The van der Waals surface area contributed by atoms with Crippen molar-refractivity contribution in [3.05, 3.63) is 23.2 Å². The second-order valence-electron chi connectivity index (χ2n) is 3.65. The highest BCUT2D eigenvalue weighted by atomic mass is 35.5. The summed E-state index contributed by atoms with van der Waals surface area (Å²) < 4.78 is 5.26. The molecule has 0 amide bonds. The normalized spacial score (nSPS) is 12.3. The van der Waals surface area contributed by atoms with Crippen LogP contribution in [0.1, 0.15) is 26.7 Å². The molecule has 0 fully saturated rings. The summed E-state index contributed by atoms with van der Waals surface area (Å²) in [6, 6.07) is 6.17. The zero-order valence-corrected chi connectivity index (χ0v) is 10.3. The van der Waals surface area contributed by atoms with E-state index in [9.17, 15) is 0 Å². The number of methoxy groups -OCH3 is 1. The van der Waals surface area contributed by atoms with Crippen LogP contribution in [0.2, 0.25) is 5.02 Å². The van der Waals surface area contributed by atoms with Gasteiger partial charge in [0.1, 0.15) is 0 Å². The minimum Gasteiger partial charge on any atom is -0.493 e. The van der Waals surface area contributed by atoms with E-state index in [1.54, 1.807) is 7.11 Å². The molecule has 1 N–H and O–H groups in total. The third kappa shape index (κ3) is 3.31. The van der Waals surface area contributed by atoms with Gasteiger partial charge in [0.25, 0.3) is 0 Å². The van der Waals surface area contributed by atoms with E-state index >= 15 is 0 Å². The van der Waals surface area contributed by atoms with Gasteiger partial charge in [-0.15, -0.1) is 0 Å². The van der Waals surface area contributed by atoms with Gasteiger partial charge < -0.3 is 10.1 Å². The summed E-state index contributed by atoms with van der Waals surface area (Å²) >= 11 is 6.03. The van der Waals surface area contributed by atoms with Crippen LogP contribution in [0.25, 0.3) is 0 Å². The van der Waals surface area contributed by atoms with Crippen molar-refractivity contribution in [3.8, 4) is 5.75 Å². The first-order chi connectivity index (χ1) is 7.19. The molecule has 3 heteroatoms. The van der Waals surface area contributed by atoms with Crippen molar-refractivity contribution in [3.63, 3.8) is 0 Å². The summed E-state index contributed by atoms with van der Waals surface area (Å²) in [5.74, 6) is 0.724. The SMILES string of the molecule is CCCC(C)Nc1cccc(Cl)c1OC. The number of ether oxygens (including phenoxy) is 1. The molecule has 0 saturated carbocycles. The molecule has 1 aromatic carbocycles. The van der Waals surface area contributed by atoms with Crippen LogP contribution in [0.3, 0.4) is 0 Å². The minimum atomic E-state index is 0.433. The smallest absolute Gasteiger partial charge is 0.160 e. The van der Waals surface area contributed by atoms with Gasteiger partial charge in [0.05, 0.1) is 17.8 Å². The lowest BCUT2D eigenvalue weighted by Gasteiger charge is -2.17. The van der Waals surface area contributed by atoms with Crippen LogP contribution < -0.4 is 10.1 Å². The average Bonchev–Trinajstić information content (AvgIpc) is 2.18. The van der Waals surface area contributed by atoms with Gasteiger partial charge in [-0.2, -0.15) is 0 Å². The number of hydrogen-bond acceptors (Lipinski definition) is 2. The lowest BCUT2D eigenvalue weighted by molar-refractivity contribution is 0.416. The van der Waals surface area contributed by atoms with Crippen LogP contribution in [0.15, 0.2) is 18.2 Å². The van der Waals surface area contributed by atoms with Gasteiger partial charge in [0.2, 0.25) is 0 Å². The summed E-state index contributed by atoms with van der Waals surface area (Å²) in [7, 11) is 1.64. The number of para-hydroxylation sites is 1. The third-order valence-electron chi connectivity index (χ3n) is 2.29. The van der Waals surface area contributed by atoms with Gasteiger partial charge in [-0.3, -0.25) is 0 Å². The Morgan fingerprint density at radius 2 is 2.20 bits per heavy atom. The Kier molecular flexibility index (Phi) is 4.76. The molecule has 1 atom stereocenters. The fraction of sp³-hybridized carbons (Fsp3) is 0.500. The summed E-state index contributed by atoms with van der Waals surface area (Å²) in [4.78, 5) is 0. The Morgan fingerprint density at radius 3 is 2.80 bits per heavy atom. The zero-order chi connectivity index (χ0) is 11.3. The summed E-state index contributed by atoms with van der Waals surface area (Å²) in [6.07, 6.45) is 2.30. The summed E-state index contributed by atoms with van der Waals surface area (Å²) in [6.45, 7) is 4.33. The van der Waals surface area contributed by atoms with Gasteiger partial charge in [-0.1, -0.05) is 31.0 Å². The number of benzene rings is 1. The summed E-state index contributed by atoms with van der Waals surface area (Å²) in [5, 5.41) is 4.04. The van der Waals surface area contributed by atoms with E-state index in [-0.39, 0.29) is 0 Å². The Labute approximate surface area is 96.6 Å². The quantitative estimate of drug-likeness (QED) is 0.823. The topological polar surface area (TPSA) is 21.3 Å². The van der Waals surface area contributed by atoms with Gasteiger partial charge in [0.15, 0.2) is 5.75 Å². The van der Waals surface area contributed by atoms with Crippen LogP contribution in [0, 0.1) is 0 Å². The number of hydrogen-bond donors (Lipinski definition) is 1. The molecule has 15 heavy (non-hydrogen) atoms. The molecule has 0 bridgehead atoms. The Bertz CT molecular complexity index is 314. The van der Waals surface area contributed by atoms with Crippen molar-refractivity contribution in [2.24, 2.45) is 0 Å². The number of rotatable bonds is 5. The van der Waals surface area contributed by atoms with Gasteiger partial charge >= 0.3 is 0 Å². The molecule has 1 aromatic rings. The standard InChI is InChI=1S/C12H18ClNO/c1-4-6-9(2)14-11-8-5-7-10(13)12(11)15-3/h5,7-9,14H,4,6H2,1-3H3. The highest BCUT2D eigenvalue weighted by molar-refractivity contribution is 6.32. The van der Waals surface area contributed by atoms with Crippen LogP contribution in [0.4, 0.5) is 5.69 Å². The molecule has 1 rings (SSSR count). The molecule has 0 spiro atoms. The Hall–Kier alpha value is -0.890. The van der Waals surface area contributed by atoms with Crippen LogP contribution in [0.5, 0.6) is 5.75 Å². The summed E-state index contributed by atoms with van der Waals surface area (Å²) in [5.41, 5.74) is 0.964. The first kappa shape index (κ1) is 12.2. The molecule has 84 valence electrons. The van der Waals surface area contributed by atoms with E-state index in [1.165, 1.54) is 0 Å². The monoisotopic (exact) mass is 227 g/mol. The molecule has 2 nitrogen and oxygen atoms in total. The van der Waals surface area contributed by atoms with E-state index < -0.39 is 0 Å². The second kappa shape index (κ2) is 5.86. The lowest BCUT2D eigenvalue weighted by atomic mass is 10.2. The molecule has 0 aliphatic carbocycles. The number of halogens is 1. The molecule has 0 heterocycles. The largest absolute Gasteiger partial charge is 0.493 e. The lowest BCUT2D eigenvalue weighted by Crippen LogP contribution is -2.15. The molecule has 0 saturated heterocycles. The fourth-order valence-corrected chi connectivity index (χ4v) is 1.85. The van der Waals surface area contributed by atoms with Gasteiger partial charge in [-0.25, -0.2) is 0 Å². The predicted octanol–water partition coefficient (Wildman–Crippen LogP) is 3.95. The highest BCUT2D eigenvalue weighted by Crippen LogP contribution is 2.32. The maximum absolute atomic E-state index is 6.03. The maximum Gasteiger partial charge on any atom is 0.160 e. The van der Waals surface area contributed by atoms with Gasteiger partial charge in [0, 0.05) is 6.04 Å². The minimum absolute atomic E-state index is 0.433. The molecule has 0 radical (unpaired) electrons. The Balaban J connectivity index is 2.80. The van der Waals surface area contributed by atoms with Gasteiger partial charge in [-0.05, 0) is 25.5 Å². The van der Waals surface area contributed by atoms with Crippen LogP contribution >= 0.6 is 11.6 Å². The second-order valence-corrected chi connectivity index (χ2v) is 4.06. The number of anilines is 1. The van der Waals surface area contributed by atoms with Crippen molar-refractivity contribution >= 4 is 17.3 Å². The molecule has 1 unspecified atom stereocenters. The molecule has 0 aromatic heterocycles. The van der Waals surface area contributed by atoms with Crippen molar-refractivity contribution in [1.29, 1.82) is 0 Å². The number of nitrogens with one attached hydrogen (secondary N) is 1. The first-order valence-corrected chi connectivity index (χ1v) is 5.65. The van der Waals surface area contributed by atoms with Crippen LogP contribution in [-0.2, 0) is 0 Å². The molecule has 0 aliphatic rings. The maximum atomic E-state index is 6.03. The molecular formula is C12H18ClNO. The zero-order valence-electron chi connectivity index (χ0n) is 9.51.